The van der Waals surface area contributed by atoms with Gasteiger partial charge in [-0.3, -0.25) is 0 Å². The van der Waals surface area contributed by atoms with Gasteiger partial charge in [0.25, 0.3) is 0 Å². The lowest BCUT2D eigenvalue weighted by molar-refractivity contribution is -0.136. The van der Waals surface area contributed by atoms with Crippen molar-refractivity contribution in [2.75, 3.05) is 5.32 Å². The van der Waals surface area contributed by atoms with Crippen molar-refractivity contribution in [2.24, 2.45) is 0 Å². The summed E-state index contributed by atoms with van der Waals surface area (Å²) in [6, 6.07) is 5.60. The summed E-state index contributed by atoms with van der Waals surface area (Å²) in [5.41, 5.74) is -1.31. The van der Waals surface area contributed by atoms with Gasteiger partial charge in [0.15, 0.2) is 0 Å². The fourth-order valence-corrected chi connectivity index (χ4v) is 1.80. The third kappa shape index (κ3) is 3.63. The monoisotopic (exact) mass is 316 g/mol. The summed E-state index contributed by atoms with van der Waals surface area (Å²) in [4.78, 5) is 14.6. The number of hydrogen-bond donors (Lipinski definition) is 2. The van der Waals surface area contributed by atoms with E-state index in [4.69, 9.17) is 16.7 Å². The van der Waals surface area contributed by atoms with E-state index in [1.807, 2.05) is 0 Å². The lowest BCUT2D eigenvalue weighted by Crippen LogP contribution is -2.09. The van der Waals surface area contributed by atoms with Gasteiger partial charge in [0.2, 0.25) is 0 Å². The number of benzene rings is 1. The molecule has 1 aromatic carbocycles. The largest absolute Gasteiger partial charge is 0.478 e. The highest BCUT2D eigenvalue weighted by Gasteiger charge is 2.33. The Morgan fingerprint density at radius 3 is 2.57 bits per heavy atom. The first-order valence-corrected chi connectivity index (χ1v) is 5.98. The van der Waals surface area contributed by atoms with E-state index in [1.54, 1.807) is 0 Å². The van der Waals surface area contributed by atoms with Gasteiger partial charge in [-0.1, -0.05) is 11.6 Å². The van der Waals surface area contributed by atoms with Crippen molar-refractivity contribution in [1.29, 1.82) is 0 Å². The van der Waals surface area contributed by atoms with Crippen LogP contribution in [0.2, 0.25) is 5.02 Å². The SMILES string of the molecule is O=C(O)c1ccnc(Nc2ccc(Cl)cc2C(F)(F)F)c1. The average Bonchev–Trinajstić information content (AvgIpc) is 2.40. The maximum absolute atomic E-state index is 12.9. The number of pyridine rings is 1. The molecule has 0 spiro atoms. The molecular formula is C13H8ClF3N2O2. The number of anilines is 2. The minimum Gasteiger partial charge on any atom is -0.478 e. The molecule has 1 heterocycles. The number of aromatic carboxylic acids is 1. The number of carbonyl (C=O) groups is 1. The topological polar surface area (TPSA) is 62.2 Å². The summed E-state index contributed by atoms with van der Waals surface area (Å²) in [7, 11) is 0. The summed E-state index contributed by atoms with van der Waals surface area (Å²) in [5, 5.41) is 11.2. The third-order valence-electron chi connectivity index (χ3n) is 2.56. The zero-order chi connectivity index (χ0) is 15.6. The highest BCUT2D eigenvalue weighted by Crippen LogP contribution is 2.37. The molecule has 0 fully saturated rings. The van der Waals surface area contributed by atoms with Crippen molar-refractivity contribution in [3.05, 3.63) is 52.7 Å². The second-order valence-electron chi connectivity index (χ2n) is 4.05. The van der Waals surface area contributed by atoms with Crippen LogP contribution in [0.1, 0.15) is 15.9 Å². The lowest BCUT2D eigenvalue weighted by atomic mass is 10.1. The first-order valence-electron chi connectivity index (χ1n) is 5.60. The zero-order valence-electron chi connectivity index (χ0n) is 10.3. The van der Waals surface area contributed by atoms with Gasteiger partial charge < -0.3 is 10.4 Å². The molecule has 0 aliphatic rings. The first kappa shape index (κ1) is 15.1. The van der Waals surface area contributed by atoms with Crippen molar-refractivity contribution < 1.29 is 23.1 Å². The number of carboxylic acids is 1. The van der Waals surface area contributed by atoms with Gasteiger partial charge in [-0.15, -0.1) is 0 Å². The van der Waals surface area contributed by atoms with Crippen molar-refractivity contribution in [3.63, 3.8) is 0 Å². The highest BCUT2D eigenvalue weighted by atomic mass is 35.5. The van der Waals surface area contributed by atoms with Crippen LogP contribution < -0.4 is 5.32 Å². The normalized spacial score (nSPS) is 11.2. The van der Waals surface area contributed by atoms with E-state index in [9.17, 15) is 18.0 Å². The van der Waals surface area contributed by atoms with E-state index in [0.717, 1.165) is 18.2 Å². The summed E-state index contributed by atoms with van der Waals surface area (Å²) < 4.78 is 38.8. The molecule has 2 rings (SSSR count). The van der Waals surface area contributed by atoms with Crippen LogP contribution in [-0.2, 0) is 6.18 Å². The molecule has 0 saturated heterocycles. The van der Waals surface area contributed by atoms with E-state index < -0.39 is 17.7 Å². The fourth-order valence-electron chi connectivity index (χ4n) is 1.63. The molecule has 0 aliphatic carbocycles. The quantitative estimate of drug-likeness (QED) is 0.891. The van der Waals surface area contributed by atoms with Crippen LogP contribution >= 0.6 is 11.6 Å². The van der Waals surface area contributed by atoms with Crippen LogP contribution in [-0.4, -0.2) is 16.1 Å². The Labute approximate surface area is 122 Å². The molecule has 0 aliphatic heterocycles. The molecule has 4 nitrogen and oxygen atoms in total. The Morgan fingerprint density at radius 1 is 1.24 bits per heavy atom. The zero-order valence-corrected chi connectivity index (χ0v) is 11.0. The molecule has 8 heteroatoms. The summed E-state index contributed by atoms with van der Waals surface area (Å²) in [6.07, 6.45) is -3.41. The van der Waals surface area contributed by atoms with Crippen LogP contribution in [0.4, 0.5) is 24.7 Å². The Kier molecular flexibility index (Phi) is 4.04. The number of nitrogens with one attached hydrogen (secondary N) is 1. The third-order valence-corrected chi connectivity index (χ3v) is 2.79. The number of rotatable bonds is 3. The molecular weight excluding hydrogens is 309 g/mol. The summed E-state index contributed by atoms with van der Waals surface area (Å²) >= 11 is 5.57. The van der Waals surface area contributed by atoms with E-state index >= 15 is 0 Å². The number of alkyl halides is 3. The number of nitrogens with zero attached hydrogens (tertiary/aromatic N) is 1. The average molecular weight is 317 g/mol. The van der Waals surface area contributed by atoms with Gasteiger partial charge in [-0.2, -0.15) is 13.2 Å². The van der Waals surface area contributed by atoms with Crippen molar-refractivity contribution >= 4 is 29.1 Å². The number of aromatic nitrogens is 1. The van der Waals surface area contributed by atoms with Crippen LogP contribution in [0.25, 0.3) is 0 Å². The van der Waals surface area contributed by atoms with E-state index in [2.05, 4.69) is 10.3 Å². The molecule has 0 amide bonds. The summed E-state index contributed by atoms with van der Waals surface area (Å²) in [5.74, 6) is -1.21. The highest BCUT2D eigenvalue weighted by molar-refractivity contribution is 6.30. The lowest BCUT2D eigenvalue weighted by Gasteiger charge is -2.14. The Hall–Kier alpha value is -2.28. The molecule has 0 radical (unpaired) electrons. The number of halogens is 4. The number of carboxylic acid groups (broad SMARTS) is 1. The van der Waals surface area contributed by atoms with Crippen LogP contribution in [0.5, 0.6) is 0 Å². The predicted octanol–water partition coefficient (Wildman–Crippen LogP) is 4.20. The number of hydrogen-bond acceptors (Lipinski definition) is 3. The Bertz CT molecular complexity index is 689. The van der Waals surface area contributed by atoms with Gasteiger partial charge in [0.1, 0.15) is 5.82 Å². The molecule has 1 aromatic heterocycles. The van der Waals surface area contributed by atoms with E-state index in [0.29, 0.717) is 0 Å². The second-order valence-corrected chi connectivity index (χ2v) is 4.48. The fraction of sp³-hybridized carbons (Fsp3) is 0.0769. The summed E-state index contributed by atoms with van der Waals surface area (Å²) in [6.45, 7) is 0. The molecule has 0 saturated carbocycles. The van der Waals surface area contributed by atoms with Crippen LogP contribution in [0.15, 0.2) is 36.5 Å². The minimum atomic E-state index is -4.60. The van der Waals surface area contributed by atoms with E-state index in [-0.39, 0.29) is 22.1 Å². The van der Waals surface area contributed by atoms with Crippen molar-refractivity contribution in [1.82, 2.24) is 4.98 Å². The Balaban J connectivity index is 2.40. The molecule has 2 N–H and O–H groups in total. The predicted molar refractivity (Wildman–Crippen MR) is 70.9 cm³/mol. The Morgan fingerprint density at radius 2 is 1.95 bits per heavy atom. The molecule has 0 unspecified atom stereocenters. The van der Waals surface area contributed by atoms with Gasteiger partial charge in [-0.05, 0) is 30.3 Å². The standard InChI is InChI=1S/C13H8ClF3N2O2/c14-8-1-2-10(9(6-8)13(15,16)17)19-11-5-7(12(20)21)3-4-18-11/h1-6H,(H,18,19)(H,20,21). The molecule has 21 heavy (non-hydrogen) atoms. The molecule has 0 atom stereocenters. The smallest absolute Gasteiger partial charge is 0.418 e. The first-order chi connectivity index (χ1) is 9.77. The van der Waals surface area contributed by atoms with Gasteiger partial charge in [0, 0.05) is 11.2 Å². The van der Waals surface area contributed by atoms with Gasteiger partial charge in [0.05, 0.1) is 16.8 Å². The molecule has 2 aromatic rings. The van der Waals surface area contributed by atoms with Crippen LogP contribution in [0, 0.1) is 0 Å². The van der Waals surface area contributed by atoms with Crippen molar-refractivity contribution in [3.8, 4) is 0 Å². The maximum atomic E-state index is 12.9. The van der Waals surface area contributed by atoms with E-state index in [1.165, 1.54) is 18.3 Å². The molecule has 110 valence electrons. The minimum absolute atomic E-state index is 0.0114. The van der Waals surface area contributed by atoms with Gasteiger partial charge >= 0.3 is 12.1 Å². The van der Waals surface area contributed by atoms with Crippen LogP contribution in [0.3, 0.4) is 0 Å². The second kappa shape index (κ2) is 5.61. The van der Waals surface area contributed by atoms with Crippen molar-refractivity contribution in [2.45, 2.75) is 6.18 Å². The van der Waals surface area contributed by atoms with Gasteiger partial charge in [-0.25, -0.2) is 9.78 Å². The molecule has 0 bridgehead atoms. The maximum Gasteiger partial charge on any atom is 0.418 e.